The van der Waals surface area contributed by atoms with E-state index in [9.17, 15) is 9.00 Å². The normalized spacial score (nSPS) is 11.9. The smallest absolute Gasteiger partial charge is 0.343 e. The molecule has 0 bridgehead atoms. The summed E-state index contributed by atoms with van der Waals surface area (Å²) in [5.74, 6) is 0.0863. The van der Waals surface area contributed by atoms with Crippen LogP contribution in [0.4, 0.5) is 0 Å². The van der Waals surface area contributed by atoms with E-state index in [1.807, 2.05) is 12.1 Å². The van der Waals surface area contributed by atoms with Gasteiger partial charge in [0.1, 0.15) is 5.75 Å². The quantitative estimate of drug-likeness (QED) is 0.462. The van der Waals surface area contributed by atoms with Crippen molar-refractivity contribution in [2.75, 3.05) is 6.26 Å². The predicted molar refractivity (Wildman–Crippen MR) is 82.9 cm³/mol. The van der Waals surface area contributed by atoms with Crippen molar-refractivity contribution < 1.29 is 13.7 Å². The van der Waals surface area contributed by atoms with E-state index in [0.29, 0.717) is 16.2 Å². The number of carbonyl (C=O) groups excluding carboxylic acids is 1. The highest BCUT2D eigenvalue weighted by atomic mass is 127. The molecular weight excluding hydrogens is 375 g/mol. The maximum absolute atomic E-state index is 11.9. The lowest BCUT2D eigenvalue weighted by Crippen LogP contribution is -2.08. The first-order valence-corrected chi connectivity index (χ1v) is 8.11. The standard InChI is InChI=1S/C14H11IO3S/c1-19(17)13-8-2-10(3-9-13)14(16)18-12-6-4-11(15)5-7-12/h2-9H,1H3. The minimum absolute atomic E-state index is 0.422. The summed E-state index contributed by atoms with van der Waals surface area (Å²) >= 11 is 2.18. The van der Waals surface area contributed by atoms with Gasteiger partial charge in [-0.05, 0) is 71.1 Å². The number of esters is 1. The van der Waals surface area contributed by atoms with Crippen molar-refractivity contribution in [2.45, 2.75) is 4.90 Å². The molecule has 0 radical (unpaired) electrons. The Kier molecular flexibility index (Phi) is 4.71. The molecule has 2 aromatic carbocycles. The van der Waals surface area contributed by atoms with Gasteiger partial charge in [0, 0.05) is 25.5 Å². The van der Waals surface area contributed by atoms with E-state index in [1.54, 1.807) is 42.7 Å². The van der Waals surface area contributed by atoms with Crippen molar-refractivity contribution in [3.8, 4) is 5.75 Å². The molecule has 0 N–H and O–H groups in total. The molecular formula is C14H11IO3S. The lowest BCUT2D eigenvalue weighted by Gasteiger charge is -2.05. The average Bonchev–Trinajstić information content (AvgIpc) is 2.41. The fourth-order valence-electron chi connectivity index (χ4n) is 1.45. The Labute approximate surface area is 127 Å². The summed E-state index contributed by atoms with van der Waals surface area (Å²) in [5.41, 5.74) is 0.438. The first-order chi connectivity index (χ1) is 9.06. The van der Waals surface area contributed by atoms with E-state index in [0.717, 1.165) is 3.57 Å². The Morgan fingerprint density at radius 1 is 1.05 bits per heavy atom. The zero-order valence-electron chi connectivity index (χ0n) is 10.1. The summed E-state index contributed by atoms with van der Waals surface area (Å²) in [6.07, 6.45) is 1.60. The van der Waals surface area contributed by atoms with Gasteiger partial charge in [-0.15, -0.1) is 0 Å². The molecule has 0 saturated heterocycles. The third-order valence-electron chi connectivity index (χ3n) is 2.45. The van der Waals surface area contributed by atoms with Crippen LogP contribution in [0.3, 0.4) is 0 Å². The molecule has 0 heterocycles. The van der Waals surface area contributed by atoms with E-state index in [-0.39, 0.29) is 0 Å². The van der Waals surface area contributed by atoms with Crippen LogP contribution in [0.2, 0.25) is 0 Å². The molecule has 1 atom stereocenters. The minimum Gasteiger partial charge on any atom is -0.423 e. The fourth-order valence-corrected chi connectivity index (χ4v) is 2.33. The zero-order chi connectivity index (χ0) is 13.8. The van der Waals surface area contributed by atoms with Gasteiger partial charge in [-0.3, -0.25) is 4.21 Å². The van der Waals surface area contributed by atoms with Gasteiger partial charge in [-0.1, -0.05) is 0 Å². The highest BCUT2D eigenvalue weighted by molar-refractivity contribution is 14.1. The topological polar surface area (TPSA) is 43.4 Å². The second kappa shape index (κ2) is 6.29. The highest BCUT2D eigenvalue weighted by Crippen LogP contribution is 2.16. The van der Waals surface area contributed by atoms with Gasteiger partial charge in [0.15, 0.2) is 0 Å². The van der Waals surface area contributed by atoms with Gasteiger partial charge < -0.3 is 4.74 Å². The second-order valence-electron chi connectivity index (χ2n) is 3.82. The van der Waals surface area contributed by atoms with Gasteiger partial charge >= 0.3 is 5.97 Å². The first kappa shape index (κ1) is 14.2. The summed E-state index contributed by atoms with van der Waals surface area (Å²) < 4.78 is 17.6. The molecule has 0 aliphatic rings. The zero-order valence-corrected chi connectivity index (χ0v) is 13.1. The Morgan fingerprint density at radius 2 is 1.63 bits per heavy atom. The van der Waals surface area contributed by atoms with Crippen LogP contribution in [0.15, 0.2) is 53.4 Å². The molecule has 0 aromatic heterocycles. The van der Waals surface area contributed by atoms with Gasteiger partial charge in [0.2, 0.25) is 0 Å². The van der Waals surface area contributed by atoms with Crippen molar-refractivity contribution in [3.05, 3.63) is 57.7 Å². The number of hydrogen-bond acceptors (Lipinski definition) is 3. The SMILES string of the molecule is CS(=O)c1ccc(C(=O)Oc2ccc(I)cc2)cc1. The highest BCUT2D eigenvalue weighted by Gasteiger charge is 2.09. The summed E-state index contributed by atoms with van der Waals surface area (Å²) in [4.78, 5) is 12.6. The number of ether oxygens (including phenoxy) is 1. The number of hydrogen-bond donors (Lipinski definition) is 0. The van der Waals surface area contributed by atoms with Crippen molar-refractivity contribution in [3.63, 3.8) is 0 Å². The van der Waals surface area contributed by atoms with Crippen molar-refractivity contribution in [2.24, 2.45) is 0 Å². The molecule has 0 spiro atoms. The number of rotatable bonds is 3. The van der Waals surface area contributed by atoms with Crippen molar-refractivity contribution in [1.82, 2.24) is 0 Å². The van der Waals surface area contributed by atoms with Crippen LogP contribution in [0.5, 0.6) is 5.75 Å². The molecule has 0 aliphatic heterocycles. The lowest BCUT2D eigenvalue weighted by atomic mass is 10.2. The summed E-state index contributed by atoms with van der Waals surface area (Å²) in [6.45, 7) is 0. The monoisotopic (exact) mass is 386 g/mol. The van der Waals surface area contributed by atoms with E-state index in [2.05, 4.69) is 22.6 Å². The summed E-state index contributed by atoms with van der Waals surface area (Å²) in [7, 11) is -1.04. The number of carbonyl (C=O) groups is 1. The predicted octanol–water partition coefficient (Wildman–Crippen LogP) is 3.25. The van der Waals surface area contributed by atoms with Crippen molar-refractivity contribution >= 4 is 39.4 Å². The Morgan fingerprint density at radius 3 is 2.16 bits per heavy atom. The molecule has 1 unspecified atom stereocenters. The maximum atomic E-state index is 11.9. The molecule has 2 rings (SSSR count). The molecule has 19 heavy (non-hydrogen) atoms. The van der Waals surface area contributed by atoms with Crippen LogP contribution >= 0.6 is 22.6 Å². The van der Waals surface area contributed by atoms with Gasteiger partial charge in [-0.2, -0.15) is 0 Å². The second-order valence-corrected chi connectivity index (χ2v) is 6.45. The van der Waals surface area contributed by atoms with Crippen LogP contribution in [-0.2, 0) is 10.8 Å². The Bertz CT molecular complexity index is 606. The van der Waals surface area contributed by atoms with Gasteiger partial charge in [-0.25, -0.2) is 4.79 Å². The van der Waals surface area contributed by atoms with Gasteiger partial charge in [0.25, 0.3) is 0 Å². The molecule has 0 fully saturated rings. The van der Waals surface area contributed by atoms with Crippen LogP contribution in [-0.4, -0.2) is 16.4 Å². The third kappa shape index (κ3) is 3.87. The summed E-state index contributed by atoms with van der Waals surface area (Å²) in [5, 5.41) is 0. The van der Waals surface area contributed by atoms with E-state index >= 15 is 0 Å². The van der Waals surface area contributed by atoms with E-state index in [4.69, 9.17) is 4.74 Å². The maximum Gasteiger partial charge on any atom is 0.343 e. The Balaban J connectivity index is 2.11. The molecule has 0 saturated carbocycles. The van der Waals surface area contributed by atoms with Crippen LogP contribution in [0.1, 0.15) is 10.4 Å². The molecule has 3 nitrogen and oxygen atoms in total. The molecule has 2 aromatic rings. The molecule has 5 heteroatoms. The first-order valence-electron chi connectivity index (χ1n) is 5.47. The third-order valence-corrected chi connectivity index (χ3v) is 4.10. The largest absolute Gasteiger partial charge is 0.423 e. The van der Waals surface area contributed by atoms with Crippen molar-refractivity contribution in [1.29, 1.82) is 0 Å². The number of benzene rings is 2. The van der Waals surface area contributed by atoms with E-state index in [1.165, 1.54) is 0 Å². The lowest BCUT2D eigenvalue weighted by molar-refractivity contribution is 0.0734. The summed E-state index contributed by atoms with van der Waals surface area (Å²) in [6, 6.07) is 13.8. The Hall–Kier alpha value is -1.21. The molecule has 0 aliphatic carbocycles. The van der Waals surface area contributed by atoms with Crippen LogP contribution < -0.4 is 4.74 Å². The van der Waals surface area contributed by atoms with E-state index < -0.39 is 16.8 Å². The average molecular weight is 386 g/mol. The number of halogens is 1. The van der Waals surface area contributed by atoms with Gasteiger partial charge in [0.05, 0.1) is 5.56 Å². The molecule has 0 amide bonds. The fraction of sp³-hybridized carbons (Fsp3) is 0.0714. The molecule has 98 valence electrons. The van der Waals surface area contributed by atoms with Crippen LogP contribution in [0, 0.1) is 3.57 Å². The minimum atomic E-state index is -1.04. The van der Waals surface area contributed by atoms with Crippen LogP contribution in [0.25, 0.3) is 0 Å².